The number of fused-ring (bicyclic) bond motifs is 2. The molecule has 6 rings (SSSR count). The molecule has 1 aliphatic heterocycles. The summed E-state index contributed by atoms with van der Waals surface area (Å²) in [6.45, 7) is 7.08. The van der Waals surface area contributed by atoms with Crippen LogP contribution >= 0.6 is 11.3 Å². The monoisotopic (exact) mass is 651 g/mol. The summed E-state index contributed by atoms with van der Waals surface area (Å²) in [5, 5.41) is 1.05. The van der Waals surface area contributed by atoms with E-state index in [1.165, 1.54) is 24.0 Å². The first-order valence-electron chi connectivity index (χ1n) is 15.5. The van der Waals surface area contributed by atoms with Crippen LogP contribution in [0.5, 0.6) is 11.5 Å². The number of allylic oxidation sites excluding steroid dienone is 1. The predicted molar refractivity (Wildman–Crippen MR) is 183 cm³/mol. The summed E-state index contributed by atoms with van der Waals surface area (Å²) in [6, 6.07) is 23.1. The van der Waals surface area contributed by atoms with Crippen LogP contribution in [0.25, 0.3) is 17.0 Å². The molecule has 0 spiro atoms. The van der Waals surface area contributed by atoms with Gasteiger partial charge in [-0.05, 0) is 44.5 Å². The number of para-hydroxylation sites is 2. The summed E-state index contributed by atoms with van der Waals surface area (Å²) in [5.41, 5.74) is 5.33. The second kappa shape index (κ2) is 13.8. The van der Waals surface area contributed by atoms with Crippen LogP contribution < -0.4 is 24.4 Å². The topological polar surface area (TPSA) is 93.3 Å². The molecule has 0 unspecified atom stereocenters. The largest absolute Gasteiger partial charge is 0.493 e. The number of esters is 1. The van der Waals surface area contributed by atoms with Crippen LogP contribution in [0, 0.1) is 6.92 Å². The average Bonchev–Trinajstić information content (AvgIpc) is 3.53. The minimum absolute atomic E-state index is 0.0615. The Hall–Kier alpha value is -4.93. The molecule has 5 aromatic rings. The van der Waals surface area contributed by atoms with Gasteiger partial charge in [-0.15, -0.1) is 0 Å². The Bertz CT molecular complexity index is 2160. The lowest BCUT2D eigenvalue weighted by atomic mass is 9.94. The smallest absolute Gasteiger partial charge is 0.338 e. The molecule has 47 heavy (non-hydrogen) atoms. The molecule has 0 N–H and O–H groups in total. The zero-order chi connectivity index (χ0) is 33.1. The quantitative estimate of drug-likeness (QED) is 0.145. The minimum Gasteiger partial charge on any atom is -0.493 e. The van der Waals surface area contributed by atoms with E-state index in [4.69, 9.17) is 23.9 Å². The molecule has 3 aromatic carbocycles. The number of hydrogen-bond donors (Lipinski definition) is 0. The molecule has 0 amide bonds. The number of carbonyl (C=O) groups is 1. The van der Waals surface area contributed by atoms with Crippen LogP contribution in [-0.4, -0.2) is 49.1 Å². The van der Waals surface area contributed by atoms with Crippen molar-refractivity contribution in [3.05, 3.63) is 126 Å². The third-order valence-corrected chi connectivity index (χ3v) is 9.30. The van der Waals surface area contributed by atoms with Gasteiger partial charge in [0.15, 0.2) is 16.3 Å². The van der Waals surface area contributed by atoms with Crippen LogP contribution in [0.3, 0.4) is 0 Å². The van der Waals surface area contributed by atoms with E-state index in [1.807, 2.05) is 55.5 Å². The number of nitrogens with zero attached hydrogens (tertiary/aromatic N) is 3. The van der Waals surface area contributed by atoms with Crippen LogP contribution in [0.2, 0.25) is 0 Å². The highest BCUT2D eigenvalue weighted by Crippen LogP contribution is 2.41. The Morgan fingerprint density at radius 2 is 1.74 bits per heavy atom. The highest BCUT2D eigenvalue weighted by Gasteiger charge is 2.36. The molecule has 3 heterocycles. The second-order valence-electron chi connectivity index (χ2n) is 11.1. The molecule has 0 saturated carbocycles. The molecule has 1 aliphatic rings. The average molecular weight is 652 g/mol. The number of methoxy groups -OCH3 is 2. The maximum absolute atomic E-state index is 14.5. The van der Waals surface area contributed by atoms with Crippen molar-refractivity contribution in [2.24, 2.45) is 4.99 Å². The normalized spacial score (nSPS) is 14.7. The Morgan fingerprint density at radius 1 is 0.979 bits per heavy atom. The van der Waals surface area contributed by atoms with Crippen LogP contribution in [-0.2, 0) is 20.8 Å². The summed E-state index contributed by atoms with van der Waals surface area (Å²) in [5.74, 6) is 0.372. The summed E-state index contributed by atoms with van der Waals surface area (Å²) >= 11 is 1.29. The number of ether oxygens (including phenoxy) is 4. The van der Waals surface area contributed by atoms with Gasteiger partial charge in [0.05, 0.1) is 36.1 Å². The van der Waals surface area contributed by atoms with E-state index < -0.39 is 12.0 Å². The van der Waals surface area contributed by atoms with Gasteiger partial charge in [0.2, 0.25) is 0 Å². The molecule has 10 heteroatoms. The van der Waals surface area contributed by atoms with Crippen molar-refractivity contribution in [3.8, 4) is 11.5 Å². The number of rotatable bonds is 11. The van der Waals surface area contributed by atoms with Gasteiger partial charge in [-0.2, -0.15) is 0 Å². The van der Waals surface area contributed by atoms with Gasteiger partial charge in [-0.1, -0.05) is 72.0 Å². The minimum atomic E-state index is -0.861. The third kappa shape index (κ3) is 6.02. The van der Waals surface area contributed by atoms with Gasteiger partial charge < -0.3 is 23.5 Å². The van der Waals surface area contributed by atoms with Gasteiger partial charge in [0.25, 0.3) is 5.56 Å². The van der Waals surface area contributed by atoms with E-state index >= 15 is 0 Å². The first-order valence-corrected chi connectivity index (χ1v) is 16.3. The standard InChI is InChI=1S/C37H37N3O6S/c1-6-45-34-27(16-12-18-30(34)44-5)33-32(36(42)46-20-19-43-4)23(2)38-37-40(33)35(41)31(47-37)21-28-24(3)39(22-25-13-8-7-9-14-25)29-17-11-10-15-26(28)29/h7-18,21,33H,6,19-20,22H2,1-5H3/b31-21+/t33-/m0/s1. The molecule has 242 valence electrons. The second-order valence-corrected chi connectivity index (χ2v) is 12.1. The van der Waals surface area contributed by atoms with E-state index in [0.29, 0.717) is 45.2 Å². The SMILES string of the molecule is CCOc1c(OC)cccc1[C@H]1C(C(=O)OCCOC)=C(C)N=c2s/c(=C/c3c(C)n(Cc4ccccc4)c4ccccc34)c(=O)n21. The summed E-state index contributed by atoms with van der Waals surface area (Å²) < 4.78 is 26.8. The zero-order valence-electron chi connectivity index (χ0n) is 27.1. The molecule has 0 fully saturated rings. The van der Waals surface area contributed by atoms with Gasteiger partial charge in [-0.3, -0.25) is 9.36 Å². The van der Waals surface area contributed by atoms with Crippen molar-refractivity contribution in [3.63, 3.8) is 0 Å². The molecule has 9 nitrogen and oxygen atoms in total. The fourth-order valence-corrected chi connectivity index (χ4v) is 7.15. The van der Waals surface area contributed by atoms with E-state index in [0.717, 1.165) is 22.2 Å². The molecule has 1 atom stereocenters. The molecule has 0 saturated heterocycles. The summed E-state index contributed by atoms with van der Waals surface area (Å²) in [4.78, 5) is 33.4. The highest BCUT2D eigenvalue weighted by molar-refractivity contribution is 7.07. The Labute approximate surface area is 276 Å². The van der Waals surface area contributed by atoms with Crippen molar-refractivity contribution >= 4 is 34.3 Å². The molecule has 0 radical (unpaired) electrons. The van der Waals surface area contributed by atoms with E-state index in [-0.39, 0.29) is 24.3 Å². The van der Waals surface area contributed by atoms with Gasteiger partial charge in [0.1, 0.15) is 12.6 Å². The lowest BCUT2D eigenvalue weighted by Crippen LogP contribution is -2.40. The van der Waals surface area contributed by atoms with Crippen LogP contribution in [0.1, 0.15) is 42.3 Å². The number of carbonyl (C=O) groups excluding carboxylic acids is 1. The van der Waals surface area contributed by atoms with E-state index in [9.17, 15) is 9.59 Å². The fraction of sp³-hybridized carbons (Fsp3) is 0.270. The number of thiazole rings is 1. The number of hydrogen-bond acceptors (Lipinski definition) is 8. The predicted octanol–water partition coefficient (Wildman–Crippen LogP) is 5.14. The Morgan fingerprint density at radius 3 is 2.49 bits per heavy atom. The first kappa shape index (κ1) is 32.0. The van der Waals surface area contributed by atoms with Gasteiger partial charge >= 0.3 is 5.97 Å². The van der Waals surface area contributed by atoms with E-state index in [1.54, 1.807) is 24.7 Å². The van der Waals surface area contributed by atoms with Crippen molar-refractivity contribution in [1.29, 1.82) is 0 Å². The number of aromatic nitrogens is 2. The summed E-state index contributed by atoms with van der Waals surface area (Å²) in [6.07, 6.45) is 1.95. The zero-order valence-corrected chi connectivity index (χ0v) is 27.9. The first-order chi connectivity index (χ1) is 22.9. The summed E-state index contributed by atoms with van der Waals surface area (Å²) in [7, 11) is 3.10. The molecule has 2 aromatic heterocycles. The lowest BCUT2D eigenvalue weighted by Gasteiger charge is -2.27. The van der Waals surface area contributed by atoms with Crippen molar-refractivity contribution < 1.29 is 23.7 Å². The van der Waals surface area contributed by atoms with Crippen molar-refractivity contribution in [1.82, 2.24) is 9.13 Å². The van der Waals surface area contributed by atoms with E-state index in [2.05, 4.69) is 35.8 Å². The highest BCUT2D eigenvalue weighted by atomic mass is 32.1. The molecule has 0 aliphatic carbocycles. The van der Waals surface area contributed by atoms with Gasteiger partial charge in [0, 0.05) is 41.4 Å². The number of benzene rings is 3. The maximum Gasteiger partial charge on any atom is 0.338 e. The van der Waals surface area contributed by atoms with Crippen molar-refractivity contribution in [2.75, 3.05) is 34.0 Å². The molecular weight excluding hydrogens is 614 g/mol. The fourth-order valence-electron chi connectivity index (χ4n) is 6.12. The van der Waals surface area contributed by atoms with Crippen LogP contribution in [0.4, 0.5) is 0 Å². The Balaban J connectivity index is 1.56. The lowest BCUT2D eigenvalue weighted by molar-refractivity contribution is -0.140. The molecular formula is C37H37N3O6S. The Kier molecular flexibility index (Phi) is 9.42. The van der Waals surface area contributed by atoms with Crippen LogP contribution in [0.15, 0.2) is 93.9 Å². The van der Waals surface area contributed by atoms with Crippen molar-refractivity contribution in [2.45, 2.75) is 33.4 Å². The maximum atomic E-state index is 14.5. The third-order valence-electron chi connectivity index (χ3n) is 8.31. The van der Waals surface area contributed by atoms with Gasteiger partial charge in [-0.25, -0.2) is 9.79 Å². The molecule has 0 bridgehead atoms.